The van der Waals surface area contributed by atoms with Crippen LogP contribution >= 0.6 is 23.4 Å². The maximum absolute atomic E-state index is 5.85. The van der Waals surface area contributed by atoms with E-state index < -0.39 is 0 Å². The van der Waals surface area contributed by atoms with Crippen molar-refractivity contribution in [3.63, 3.8) is 0 Å². The van der Waals surface area contributed by atoms with Crippen LogP contribution in [-0.4, -0.2) is 19.7 Å². The number of hydrogen-bond acceptors (Lipinski definition) is 5. The zero-order valence-electron chi connectivity index (χ0n) is 10.7. The van der Waals surface area contributed by atoms with Crippen molar-refractivity contribution in [3.8, 4) is 11.5 Å². The number of aryl methyl sites for hydroxylation is 1. The van der Waals surface area contributed by atoms with Crippen molar-refractivity contribution >= 4 is 23.4 Å². The Bertz CT molecular complexity index is 707. The topological polar surface area (TPSA) is 56.7 Å². The molecule has 3 aromatic rings. The molecule has 20 heavy (non-hydrogen) atoms. The molecule has 0 aliphatic rings. The number of halogens is 1. The Kier molecular flexibility index (Phi) is 3.75. The lowest BCUT2D eigenvalue weighted by Crippen LogP contribution is -1.91. The number of benzene rings is 1. The number of thioether (sulfide) groups is 1. The molecule has 2 aromatic heterocycles. The second kappa shape index (κ2) is 5.68. The predicted octanol–water partition coefficient (Wildman–Crippen LogP) is 3.42. The summed E-state index contributed by atoms with van der Waals surface area (Å²) in [5.41, 5.74) is 0.857. The van der Waals surface area contributed by atoms with E-state index in [1.54, 1.807) is 30.1 Å². The summed E-state index contributed by atoms with van der Waals surface area (Å²) >= 11 is 7.41. The van der Waals surface area contributed by atoms with E-state index in [2.05, 4.69) is 15.1 Å². The molecule has 0 fully saturated rings. The number of imidazole rings is 1. The Morgan fingerprint density at radius 2 is 2.10 bits per heavy atom. The molecular formula is C13H11ClN4OS. The van der Waals surface area contributed by atoms with Gasteiger partial charge in [-0.2, -0.15) is 4.98 Å². The van der Waals surface area contributed by atoms with Crippen LogP contribution in [0.15, 0.2) is 46.3 Å². The molecule has 0 radical (unpaired) electrons. The molecule has 3 rings (SSSR count). The summed E-state index contributed by atoms with van der Waals surface area (Å²) in [5, 5.41) is 5.57. The first-order chi connectivity index (χ1) is 9.72. The third-order valence-corrected chi connectivity index (χ3v) is 3.97. The molecule has 0 bridgehead atoms. The Hall–Kier alpha value is -1.79. The summed E-state index contributed by atoms with van der Waals surface area (Å²) in [7, 11) is 1.95. The fourth-order valence-electron chi connectivity index (χ4n) is 1.64. The van der Waals surface area contributed by atoms with Crippen LogP contribution < -0.4 is 0 Å². The molecule has 0 unspecified atom stereocenters. The molecule has 0 N–H and O–H groups in total. The number of rotatable bonds is 4. The van der Waals surface area contributed by atoms with Gasteiger partial charge in [-0.15, -0.1) is 0 Å². The van der Waals surface area contributed by atoms with Crippen LogP contribution in [0.4, 0.5) is 0 Å². The fourth-order valence-corrected chi connectivity index (χ4v) is 2.54. The van der Waals surface area contributed by atoms with Gasteiger partial charge < -0.3 is 9.09 Å². The first kappa shape index (κ1) is 13.2. The van der Waals surface area contributed by atoms with Gasteiger partial charge in [0.05, 0.1) is 5.75 Å². The second-order valence-electron chi connectivity index (χ2n) is 4.13. The van der Waals surface area contributed by atoms with E-state index >= 15 is 0 Å². The minimum Gasteiger partial charge on any atom is -0.334 e. The number of nitrogens with zero attached hydrogens (tertiary/aromatic N) is 4. The lowest BCUT2D eigenvalue weighted by atomic mass is 10.2. The molecule has 0 saturated heterocycles. The normalized spacial score (nSPS) is 10.9. The molecule has 2 heterocycles. The first-order valence-corrected chi connectivity index (χ1v) is 7.27. The first-order valence-electron chi connectivity index (χ1n) is 5.91. The van der Waals surface area contributed by atoms with Crippen LogP contribution in [0.2, 0.25) is 5.02 Å². The maximum Gasteiger partial charge on any atom is 0.257 e. The van der Waals surface area contributed by atoms with Crippen molar-refractivity contribution in [1.29, 1.82) is 0 Å². The van der Waals surface area contributed by atoms with Gasteiger partial charge in [-0.25, -0.2) is 4.98 Å². The highest BCUT2D eigenvalue weighted by Crippen LogP contribution is 2.23. The third-order valence-electron chi connectivity index (χ3n) is 2.67. The van der Waals surface area contributed by atoms with E-state index in [-0.39, 0.29) is 0 Å². The Balaban J connectivity index is 1.71. The number of aromatic nitrogens is 4. The zero-order valence-corrected chi connectivity index (χ0v) is 12.2. The average Bonchev–Trinajstić information content (AvgIpc) is 3.06. The summed E-state index contributed by atoms with van der Waals surface area (Å²) in [6.45, 7) is 0. The summed E-state index contributed by atoms with van der Waals surface area (Å²) < 4.78 is 7.20. The molecule has 1 aromatic carbocycles. The second-order valence-corrected chi connectivity index (χ2v) is 5.51. The molecule has 0 spiro atoms. The van der Waals surface area contributed by atoms with E-state index in [1.165, 1.54) is 0 Å². The van der Waals surface area contributed by atoms with E-state index in [0.29, 0.717) is 22.5 Å². The van der Waals surface area contributed by atoms with Gasteiger partial charge in [0.15, 0.2) is 11.0 Å². The summed E-state index contributed by atoms with van der Waals surface area (Å²) in [6.07, 6.45) is 3.66. The van der Waals surface area contributed by atoms with Crippen molar-refractivity contribution in [2.24, 2.45) is 7.05 Å². The minimum absolute atomic E-state index is 0.497. The highest BCUT2D eigenvalue weighted by molar-refractivity contribution is 7.98. The Morgan fingerprint density at radius 3 is 2.80 bits per heavy atom. The molecule has 0 aliphatic carbocycles. The van der Waals surface area contributed by atoms with Crippen LogP contribution in [0.5, 0.6) is 0 Å². The Labute approximate surface area is 125 Å². The molecule has 102 valence electrons. The highest BCUT2D eigenvalue weighted by atomic mass is 35.5. The minimum atomic E-state index is 0.497. The lowest BCUT2D eigenvalue weighted by Gasteiger charge is -1.97. The van der Waals surface area contributed by atoms with Crippen LogP contribution in [0.3, 0.4) is 0 Å². The number of hydrogen-bond donors (Lipinski definition) is 0. The molecule has 0 saturated carbocycles. The predicted molar refractivity (Wildman–Crippen MR) is 77.5 cm³/mol. The average molecular weight is 307 g/mol. The zero-order chi connectivity index (χ0) is 13.9. The van der Waals surface area contributed by atoms with Gasteiger partial charge in [0.25, 0.3) is 5.89 Å². The summed E-state index contributed by atoms with van der Waals surface area (Å²) in [4.78, 5) is 8.59. The van der Waals surface area contributed by atoms with Gasteiger partial charge in [0, 0.05) is 30.0 Å². The van der Waals surface area contributed by atoms with Crippen molar-refractivity contribution in [2.45, 2.75) is 10.9 Å². The van der Waals surface area contributed by atoms with E-state index in [4.69, 9.17) is 16.1 Å². The molecule has 7 heteroatoms. The third kappa shape index (κ3) is 2.86. The monoisotopic (exact) mass is 306 g/mol. The van der Waals surface area contributed by atoms with Crippen LogP contribution in [0.1, 0.15) is 5.82 Å². The van der Waals surface area contributed by atoms with Gasteiger partial charge >= 0.3 is 0 Å². The largest absolute Gasteiger partial charge is 0.334 e. The van der Waals surface area contributed by atoms with Crippen molar-refractivity contribution < 1.29 is 4.52 Å². The van der Waals surface area contributed by atoms with Crippen LogP contribution in [-0.2, 0) is 12.8 Å². The Morgan fingerprint density at radius 1 is 1.30 bits per heavy atom. The van der Waals surface area contributed by atoms with Gasteiger partial charge in [-0.3, -0.25) is 0 Å². The van der Waals surface area contributed by atoms with Crippen LogP contribution in [0.25, 0.3) is 11.5 Å². The van der Waals surface area contributed by atoms with E-state index in [0.717, 1.165) is 10.7 Å². The SMILES string of the molecule is Cn1ccnc1SCc1noc(-c2ccc(Cl)cc2)n1. The summed E-state index contributed by atoms with van der Waals surface area (Å²) in [5.74, 6) is 1.75. The van der Waals surface area contributed by atoms with E-state index in [9.17, 15) is 0 Å². The van der Waals surface area contributed by atoms with Gasteiger partial charge in [0.1, 0.15) is 0 Å². The standard InChI is InChI=1S/C13H11ClN4OS/c1-18-7-6-15-13(18)20-8-11-16-12(19-17-11)9-2-4-10(14)5-3-9/h2-7H,8H2,1H3. The van der Waals surface area contributed by atoms with Gasteiger partial charge in [-0.1, -0.05) is 28.5 Å². The van der Waals surface area contributed by atoms with E-state index in [1.807, 2.05) is 29.9 Å². The summed E-state index contributed by atoms with van der Waals surface area (Å²) in [6, 6.07) is 7.30. The molecular weight excluding hydrogens is 296 g/mol. The van der Waals surface area contributed by atoms with Crippen molar-refractivity contribution in [1.82, 2.24) is 19.7 Å². The molecule has 0 amide bonds. The smallest absolute Gasteiger partial charge is 0.257 e. The van der Waals surface area contributed by atoms with Crippen molar-refractivity contribution in [3.05, 3.63) is 47.5 Å². The lowest BCUT2D eigenvalue weighted by molar-refractivity contribution is 0.425. The quantitative estimate of drug-likeness (QED) is 0.691. The highest BCUT2D eigenvalue weighted by Gasteiger charge is 2.10. The van der Waals surface area contributed by atoms with Crippen LogP contribution in [0, 0.1) is 0 Å². The van der Waals surface area contributed by atoms with Crippen molar-refractivity contribution in [2.75, 3.05) is 0 Å². The molecule has 5 nitrogen and oxygen atoms in total. The van der Waals surface area contributed by atoms with Gasteiger partial charge in [0.2, 0.25) is 0 Å². The molecule has 0 atom stereocenters. The molecule has 0 aliphatic heterocycles. The van der Waals surface area contributed by atoms with Gasteiger partial charge in [-0.05, 0) is 24.3 Å². The fraction of sp³-hybridized carbons (Fsp3) is 0.154. The maximum atomic E-state index is 5.85.